The van der Waals surface area contributed by atoms with Crippen molar-refractivity contribution < 1.29 is 4.79 Å². The molecule has 26 heavy (non-hydrogen) atoms. The number of amides is 1. The van der Waals surface area contributed by atoms with Crippen molar-refractivity contribution in [1.82, 2.24) is 14.8 Å². The number of benzene rings is 1. The normalized spacial score (nSPS) is 20.5. The van der Waals surface area contributed by atoms with Gasteiger partial charge in [-0.1, -0.05) is 31.4 Å². The molecular weight excluding hydrogens is 322 g/mol. The minimum absolute atomic E-state index is 0.348. The number of pyridine rings is 1. The van der Waals surface area contributed by atoms with E-state index in [0.717, 1.165) is 44.2 Å². The third-order valence-corrected chi connectivity index (χ3v) is 5.96. The highest BCUT2D eigenvalue weighted by molar-refractivity contribution is 5.79. The van der Waals surface area contributed by atoms with Crippen LogP contribution in [0.25, 0.3) is 10.9 Å². The van der Waals surface area contributed by atoms with Crippen LogP contribution in [0.15, 0.2) is 36.5 Å². The van der Waals surface area contributed by atoms with E-state index >= 15 is 0 Å². The first-order valence-corrected chi connectivity index (χ1v) is 10.1. The molecule has 2 fully saturated rings. The highest BCUT2D eigenvalue weighted by Gasteiger charge is 2.24. The molecule has 0 bridgehead atoms. The van der Waals surface area contributed by atoms with Gasteiger partial charge in [0.1, 0.15) is 0 Å². The van der Waals surface area contributed by atoms with Crippen LogP contribution in [-0.4, -0.2) is 46.9 Å². The van der Waals surface area contributed by atoms with E-state index in [-0.39, 0.29) is 0 Å². The van der Waals surface area contributed by atoms with E-state index in [1.54, 1.807) is 0 Å². The van der Waals surface area contributed by atoms with Gasteiger partial charge in [-0.2, -0.15) is 0 Å². The molecule has 4 rings (SSSR count). The second-order valence-electron chi connectivity index (χ2n) is 7.90. The monoisotopic (exact) mass is 351 g/mol. The summed E-state index contributed by atoms with van der Waals surface area (Å²) in [5.74, 6) is 1.08. The van der Waals surface area contributed by atoms with E-state index in [1.165, 1.54) is 43.1 Å². The number of carbonyl (C=O) groups excluding carboxylic acids is 1. The standard InChI is InChI=1S/C22H29N3O/c26-22-10-12-24(13-14-25(22)17-18-5-2-1-3-6-18)16-19-8-9-21-20(15-19)7-4-11-23-21/h4,7-9,11,15,18H,1-3,5-6,10,12-14,16-17H2. The third kappa shape index (κ3) is 4.24. The Hall–Kier alpha value is -1.94. The largest absolute Gasteiger partial charge is 0.341 e. The fraction of sp³-hybridized carbons (Fsp3) is 0.545. The van der Waals surface area contributed by atoms with Gasteiger partial charge in [0.25, 0.3) is 0 Å². The molecule has 0 radical (unpaired) electrons. The fourth-order valence-corrected chi connectivity index (χ4v) is 4.42. The van der Waals surface area contributed by atoms with Crippen LogP contribution in [0.4, 0.5) is 0 Å². The predicted octanol–water partition coefficient (Wildman–Crippen LogP) is 3.85. The van der Waals surface area contributed by atoms with Crippen molar-refractivity contribution in [2.24, 2.45) is 5.92 Å². The second kappa shape index (κ2) is 8.17. The summed E-state index contributed by atoms with van der Waals surface area (Å²) in [6.45, 7) is 4.61. The molecule has 2 aliphatic rings. The highest BCUT2D eigenvalue weighted by atomic mass is 16.2. The molecule has 0 atom stereocenters. The molecule has 1 aromatic carbocycles. The third-order valence-electron chi connectivity index (χ3n) is 5.96. The first-order chi connectivity index (χ1) is 12.8. The van der Waals surface area contributed by atoms with E-state index in [9.17, 15) is 4.79 Å². The van der Waals surface area contributed by atoms with Crippen molar-refractivity contribution in [3.8, 4) is 0 Å². The number of hydrogen-bond acceptors (Lipinski definition) is 3. The van der Waals surface area contributed by atoms with Crippen molar-refractivity contribution in [2.45, 2.75) is 45.1 Å². The Morgan fingerprint density at radius 3 is 2.81 bits per heavy atom. The maximum absolute atomic E-state index is 12.6. The van der Waals surface area contributed by atoms with Crippen LogP contribution in [0.2, 0.25) is 0 Å². The van der Waals surface area contributed by atoms with Gasteiger partial charge in [-0.05, 0) is 42.5 Å². The topological polar surface area (TPSA) is 36.4 Å². The number of carbonyl (C=O) groups is 1. The van der Waals surface area contributed by atoms with Crippen LogP contribution in [0, 0.1) is 5.92 Å². The van der Waals surface area contributed by atoms with Crippen molar-refractivity contribution in [2.75, 3.05) is 26.2 Å². The molecule has 4 nitrogen and oxygen atoms in total. The molecule has 1 amide bonds. The van der Waals surface area contributed by atoms with E-state index in [2.05, 4.69) is 39.0 Å². The molecule has 2 aromatic rings. The minimum atomic E-state index is 0.348. The molecule has 0 unspecified atom stereocenters. The fourth-order valence-electron chi connectivity index (χ4n) is 4.42. The SMILES string of the molecule is O=C1CCN(Cc2ccc3ncccc3c2)CCN1CC1CCCCC1. The maximum atomic E-state index is 12.6. The first-order valence-electron chi connectivity index (χ1n) is 10.1. The van der Waals surface area contributed by atoms with Crippen LogP contribution < -0.4 is 0 Å². The molecule has 138 valence electrons. The Balaban J connectivity index is 1.36. The quantitative estimate of drug-likeness (QED) is 0.839. The summed E-state index contributed by atoms with van der Waals surface area (Å²) in [5, 5.41) is 1.19. The first kappa shape index (κ1) is 17.5. The smallest absolute Gasteiger partial charge is 0.223 e. The zero-order valence-electron chi connectivity index (χ0n) is 15.6. The lowest BCUT2D eigenvalue weighted by molar-refractivity contribution is -0.131. The molecule has 1 aliphatic carbocycles. The number of rotatable bonds is 4. The van der Waals surface area contributed by atoms with Crippen molar-refractivity contribution in [3.63, 3.8) is 0 Å². The van der Waals surface area contributed by atoms with Crippen LogP contribution in [0.5, 0.6) is 0 Å². The van der Waals surface area contributed by atoms with Gasteiger partial charge in [-0.15, -0.1) is 0 Å². The Kier molecular flexibility index (Phi) is 5.49. The van der Waals surface area contributed by atoms with Gasteiger partial charge in [-0.25, -0.2) is 0 Å². The second-order valence-corrected chi connectivity index (χ2v) is 7.90. The lowest BCUT2D eigenvalue weighted by atomic mass is 9.89. The van der Waals surface area contributed by atoms with E-state index in [1.807, 2.05) is 12.3 Å². The van der Waals surface area contributed by atoms with Crippen LogP contribution in [0.1, 0.15) is 44.1 Å². The minimum Gasteiger partial charge on any atom is -0.341 e. The number of hydrogen-bond donors (Lipinski definition) is 0. The molecule has 1 saturated heterocycles. The van der Waals surface area contributed by atoms with Gasteiger partial charge < -0.3 is 4.90 Å². The van der Waals surface area contributed by atoms with Crippen molar-refractivity contribution in [1.29, 1.82) is 0 Å². The molecular formula is C22H29N3O. The number of fused-ring (bicyclic) bond motifs is 1. The predicted molar refractivity (Wildman–Crippen MR) is 105 cm³/mol. The zero-order chi connectivity index (χ0) is 17.8. The molecule has 1 saturated carbocycles. The molecule has 1 aliphatic heterocycles. The van der Waals surface area contributed by atoms with Gasteiger partial charge >= 0.3 is 0 Å². The Morgan fingerprint density at radius 1 is 1.04 bits per heavy atom. The Morgan fingerprint density at radius 2 is 1.92 bits per heavy atom. The molecule has 4 heteroatoms. The summed E-state index contributed by atoms with van der Waals surface area (Å²) in [6.07, 6.45) is 9.16. The summed E-state index contributed by atoms with van der Waals surface area (Å²) < 4.78 is 0. The molecule has 1 aromatic heterocycles. The average molecular weight is 351 g/mol. The maximum Gasteiger partial charge on any atom is 0.223 e. The van der Waals surface area contributed by atoms with Crippen molar-refractivity contribution in [3.05, 3.63) is 42.1 Å². The van der Waals surface area contributed by atoms with Crippen LogP contribution in [-0.2, 0) is 11.3 Å². The zero-order valence-corrected chi connectivity index (χ0v) is 15.6. The lowest BCUT2D eigenvalue weighted by Crippen LogP contribution is -2.37. The van der Waals surface area contributed by atoms with E-state index in [0.29, 0.717) is 12.3 Å². The summed E-state index contributed by atoms with van der Waals surface area (Å²) in [6, 6.07) is 10.6. The lowest BCUT2D eigenvalue weighted by Gasteiger charge is -2.29. The van der Waals surface area contributed by atoms with Gasteiger partial charge in [0.15, 0.2) is 0 Å². The summed E-state index contributed by atoms with van der Waals surface area (Å²) in [7, 11) is 0. The van der Waals surface area contributed by atoms with Gasteiger partial charge in [0, 0.05) is 50.7 Å². The van der Waals surface area contributed by atoms with Crippen LogP contribution in [0.3, 0.4) is 0 Å². The summed E-state index contributed by atoms with van der Waals surface area (Å²) in [5.41, 5.74) is 2.35. The molecule has 0 N–H and O–H groups in total. The van der Waals surface area contributed by atoms with Crippen LogP contribution >= 0.6 is 0 Å². The van der Waals surface area contributed by atoms with Gasteiger partial charge in [-0.3, -0.25) is 14.7 Å². The highest BCUT2D eigenvalue weighted by Crippen LogP contribution is 2.25. The van der Waals surface area contributed by atoms with Crippen molar-refractivity contribution >= 4 is 16.8 Å². The average Bonchev–Trinajstić information content (AvgIpc) is 2.85. The number of aromatic nitrogens is 1. The van der Waals surface area contributed by atoms with E-state index in [4.69, 9.17) is 0 Å². The molecule has 0 spiro atoms. The Bertz CT molecular complexity index is 754. The summed E-state index contributed by atoms with van der Waals surface area (Å²) in [4.78, 5) is 21.5. The summed E-state index contributed by atoms with van der Waals surface area (Å²) >= 11 is 0. The molecule has 2 heterocycles. The van der Waals surface area contributed by atoms with Gasteiger partial charge in [0.05, 0.1) is 5.52 Å². The Labute approximate surface area is 156 Å². The van der Waals surface area contributed by atoms with Gasteiger partial charge in [0.2, 0.25) is 5.91 Å². The number of nitrogens with zero attached hydrogens (tertiary/aromatic N) is 3. The van der Waals surface area contributed by atoms with E-state index < -0.39 is 0 Å².